The molecular weight excluding hydrogens is 921 g/mol. The van der Waals surface area contributed by atoms with Crippen molar-refractivity contribution in [2.45, 2.75) is 64.7 Å². The van der Waals surface area contributed by atoms with Crippen molar-refractivity contribution in [1.82, 2.24) is 0 Å². The number of para-hydroxylation sites is 8. The number of benzene rings is 10. The van der Waals surface area contributed by atoms with E-state index in [1.54, 1.807) is 0 Å². The van der Waals surface area contributed by atoms with Crippen LogP contribution in [0.4, 0.5) is 68.2 Å². The van der Waals surface area contributed by atoms with Gasteiger partial charge in [0.2, 0.25) is 0 Å². The third-order valence-electron chi connectivity index (χ3n) is 16.8. The molecule has 76 heavy (non-hydrogen) atoms. The minimum Gasteiger partial charge on any atom is -0.310 e. The third kappa shape index (κ3) is 6.76. The van der Waals surface area contributed by atoms with Crippen molar-refractivity contribution in [2.24, 2.45) is 0 Å². The largest absolute Gasteiger partial charge is 0.310 e. The summed E-state index contributed by atoms with van der Waals surface area (Å²) in [6, 6.07) is 88.6. The lowest BCUT2D eigenvalue weighted by molar-refractivity contribution is 0.590. The van der Waals surface area contributed by atoms with Gasteiger partial charge in [0.1, 0.15) is 0 Å². The molecule has 0 atom stereocenters. The lowest BCUT2D eigenvalue weighted by Gasteiger charge is -2.44. The minimum absolute atomic E-state index is 0.0512. The third-order valence-corrected chi connectivity index (χ3v) is 16.8. The van der Waals surface area contributed by atoms with Gasteiger partial charge in [0.05, 0.1) is 62.6 Å². The van der Waals surface area contributed by atoms with E-state index in [0.717, 1.165) is 45.5 Å². The van der Waals surface area contributed by atoms with Crippen LogP contribution in [0.5, 0.6) is 0 Å². The summed E-state index contributed by atoms with van der Waals surface area (Å²) in [5, 5.41) is 0. The normalized spacial score (nSPS) is 15.4. The summed E-state index contributed by atoms with van der Waals surface area (Å²) < 4.78 is 0. The number of rotatable bonds is 4. The molecule has 4 heteroatoms. The van der Waals surface area contributed by atoms with Gasteiger partial charge in [0.15, 0.2) is 0 Å². The first-order valence-electron chi connectivity index (χ1n) is 26.9. The molecule has 0 saturated heterocycles. The molecule has 0 amide bonds. The Hall–Kier alpha value is -8.86. The molecule has 4 nitrogen and oxygen atoms in total. The van der Waals surface area contributed by atoms with Crippen molar-refractivity contribution in [3.63, 3.8) is 0 Å². The van der Waals surface area contributed by atoms with E-state index in [0.29, 0.717) is 0 Å². The van der Waals surface area contributed by atoms with E-state index in [4.69, 9.17) is 0 Å². The molecule has 14 rings (SSSR count). The molecule has 4 aliphatic rings. The highest BCUT2D eigenvalue weighted by atomic mass is 15.2. The molecule has 4 aliphatic heterocycles. The first-order valence-corrected chi connectivity index (χ1v) is 26.9. The van der Waals surface area contributed by atoms with Crippen LogP contribution < -0.4 is 19.6 Å². The zero-order chi connectivity index (χ0) is 51.7. The lowest BCUT2D eigenvalue weighted by Crippen LogP contribution is -2.31. The van der Waals surface area contributed by atoms with Gasteiger partial charge in [-0.25, -0.2) is 0 Å². The van der Waals surface area contributed by atoms with Crippen LogP contribution in [-0.2, 0) is 16.2 Å². The lowest BCUT2D eigenvalue weighted by atomic mass is 9.73. The van der Waals surface area contributed by atoms with Gasteiger partial charge in [-0.3, -0.25) is 0 Å². The molecule has 0 fully saturated rings. The van der Waals surface area contributed by atoms with Gasteiger partial charge >= 0.3 is 0 Å². The second-order valence-electron chi connectivity index (χ2n) is 23.0. The summed E-state index contributed by atoms with van der Waals surface area (Å²) in [7, 11) is 0. The first kappa shape index (κ1) is 45.7. The van der Waals surface area contributed by atoms with Crippen molar-refractivity contribution in [3.05, 3.63) is 287 Å². The molecule has 0 bridgehead atoms. The Morgan fingerprint density at radius 3 is 0.789 bits per heavy atom. The molecule has 10 aromatic rings. The van der Waals surface area contributed by atoms with E-state index in [-0.39, 0.29) is 16.2 Å². The highest BCUT2D eigenvalue weighted by Gasteiger charge is 2.41. The number of fused-ring (bicyclic) bond motifs is 8. The molecule has 0 aliphatic carbocycles. The van der Waals surface area contributed by atoms with Crippen molar-refractivity contribution in [2.75, 3.05) is 19.6 Å². The molecule has 0 unspecified atom stereocenters. The fourth-order valence-electron chi connectivity index (χ4n) is 13.1. The summed E-state index contributed by atoms with van der Waals surface area (Å²) in [4.78, 5) is 10.0. The molecule has 4 heterocycles. The zero-order valence-corrected chi connectivity index (χ0v) is 44.3. The van der Waals surface area contributed by atoms with Gasteiger partial charge in [-0.05, 0) is 112 Å². The second-order valence-corrected chi connectivity index (χ2v) is 23.0. The Labute approximate surface area is 448 Å². The summed E-state index contributed by atoms with van der Waals surface area (Å²) in [6.45, 7) is 16.3. The van der Waals surface area contributed by atoms with Gasteiger partial charge in [-0.1, -0.05) is 206 Å². The van der Waals surface area contributed by atoms with Gasteiger partial charge in [0, 0.05) is 49.9 Å². The van der Waals surface area contributed by atoms with E-state index >= 15 is 0 Å². The van der Waals surface area contributed by atoms with E-state index in [1.165, 1.54) is 84.0 Å². The maximum Gasteiger partial charge on any atom is 0.0540 e. The summed E-state index contributed by atoms with van der Waals surface area (Å²) in [5.41, 5.74) is 27.1. The minimum atomic E-state index is -0.209. The maximum atomic E-state index is 2.53. The quantitative estimate of drug-likeness (QED) is 0.174. The molecule has 0 saturated carbocycles. The van der Waals surface area contributed by atoms with Gasteiger partial charge < -0.3 is 19.6 Å². The topological polar surface area (TPSA) is 13.0 Å². The number of hydrogen-bond acceptors (Lipinski definition) is 4. The highest BCUT2D eigenvalue weighted by Crippen LogP contribution is 2.60. The average Bonchev–Trinajstić information content (AvgIpc) is 3.57. The standard InChI is InChI=1S/C72H60N4/c1-70(2,3)47-40-42-48(43-41-47)73-60-32-16-8-24-52(60)68(53-25-9-17-33-61(53)73)69-54-26-10-18-34-62(54)74(63-35-19-11-27-55(63)69)49-44-50(75-64-36-20-12-28-56(64)71(4,5)57-29-13-21-37-65(57)75)46-51(45-49)76-66-38-22-14-30-58(66)72(6,7)59-31-15-23-39-67(59)76/h8-46H,1-7H3. The van der Waals surface area contributed by atoms with Crippen molar-refractivity contribution >= 4 is 79.4 Å². The van der Waals surface area contributed by atoms with Crippen LogP contribution in [0, 0.1) is 0 Å². The predicted octanol–water partition coefficient (Wildman–Crippen LogP) is 19.8. The Bertz CT molecular complexity index is 3690. The van der Waals surface area contributed by atoms with Crippen molar-refractivity contribution < 1.29 is 0 Å². The van der Waals surface area contributed by atoms with Crippen LogP contribution in [-0.4, -0.2) is 0 Å². The van der Waals surface area contributed by atoms with E-state index in [9.17, 15) is 0 Å². The predicted molar refractivity (Wildman–Crippen MR) is 320 cm³/mol. The fourth-order valence-corrected chi connectivity index (χ4v) is 13.1. The van der Waals surface area contributed by atoms with Crippen LogP contribution >= 0.6 is 0 Å². The Kier molecular flexibility index (Phi) is 10.1. The van der Waals surface area contributed by atoms with Crippen molar-refractivity contribution in [3.8, 4) is 0 Å². The van der Waals surface area contributed by atoms with E-state index in [2.05, 4.69) is 305 Å². The Balaban J connectivity index is 1.03. The molecule has 368 valence electrons. The zero-order valence-electron chi connectivity index (χ0n) is 44.3. The second kappa shape index (κ2) is 16.8. The fraction of sp³-hybridized carbons (Fsp3) is 0.139. The summed E-state index contributed by atoms with van der Waals surface area (Å²) in [5.74, 6) is 0. The number of anilines is 12. The van der Waals surface area contributed by atoms with E-state index in [1.807, 2.05) is 0 Å². The molecule has 0 radical (unpaired) electrons. The SMILES string of the molecule is CC(C)(C)c1ccc(N2c3ccccc3C(=C3c4ccccc4N(c4cc(N5c6ccccc6C(C)(C)c6ccccc65)cc(N5c6ccccc6C(C)(C)c6ccccc65)c4)c4ccccc43)c3ccccc32)cc1. The molecule has 0 aromatic heterocycles. The molecule has 0 N–H and O–H groups in total. The number of nitrogens with zero attached hydrogens (tertiary/aromatic N) is 4. The van der Waals surface area contributed by atoms with Crippen LogP contribution in [0.2, 0.25) is 0 Å². The smallest absolute Gasteiger partial charge is 0.0540 e. The monoisotopic (exact) mass is 980 g/mol. The maximum absolute atomic E-state index is 2.53. The summed E-state index contributed by atoms with van der Waals surface area (Å²) >= 11 is 0. The van der Waals surface area contributed by atoms with Crippen LogP contribution in [0.25, 0.3) is 11.1 Å². The van der Waals surface area contributed by atoms with Crippen LogP contribution in [0.1, 0.15) is 98.5 Å². The van der Waals surface area contributed by atoms with Gasteiger partial charge in [-0.2, -0.15) is 0 Å². The molecular formula is C72H60N4. The average molecular weight is 981 g/mol. The van der Waals surface area contributed by atoms with Gasteiger partial charge in [-0.15, -0.1) is 0 Å². The van der Waals surface area contributed by atoms with Crippen LogP contribution in [0.3, 0.4) is 0 Å². The number of hydrogen-bond donors (Lipinski definition) is 0. The van der Waals surface area contributed by atoms with Crippen LogP contribution in [0.15, 0.2) is 237 Å². The first-order chi connectivity index (χ1) is 36.9. The van der Waals surface area contributed by atoms with Crippen molar-refractivity contribution in [1.29, 1.82) is 0 Å². The molecule has 10 aromatic carbocycles. The Morgan fingerprint density at radius 2 is 0.500 bits per heavy atom. The van der Waals surface area contributed by atoms with E-state index < -0.39 is 0 Å². The Morgan fingerprint density at radius 1 is 0.263 bits per heavy atom. The summed E-state index contributed by atoms with van der Waals surface area (Å²) in [6.07, 6.45) is 0. The highest BCUT2D eigenvalue weighted by molar-refractivity contribution is 6.17. The van der Waals surface area contributed by atoms with Gasteiger partial charge in [0.25, 0.3) is 0 Å². The molecule has 0 spiro atoms.